The predicted octanol–water partition coefficient (Wildman–Crippen LogP) is 1.16. The molecule has 1 aliphatic carbocycles. The first-order valence-corrected chi connectivity index (χ1v) is 3.00. The van der Waals surface area contributed by atoms with Crippen LogP contribution in [0.25, 0.3) is 0 Å². The molecule has 0 aromatic heterocycles. The Morgan fingerprint density at radius 2 is 2.50 bits per heavy atom. The third-order valence-electron chi connectivity index (χ3n) is 1.46. The van der Waals surface area contributed by atoms with Crippen molar-refractivity contribution in [2.45, 2.75) is 6.42 Å². The lowest BCUT2D eigenvalue weighted by Crippen LogP contribution is -2.08. The molecule has 1 aliphatic heterocycles. The zero-order valence-electron chi connectivity index (χ0n) is 5.19. The first kappa shape index (κ1) is 5.34. The lowest BCUT2D eigenvalue weighted by Gasteiger charge is -1.99. The highest BCUT2D eigenvalue weighted by Gasteiger charge is 2.23. The molecule has 0 bridgehead atoms. The number of fused-ring (bicyclic) bond motifs is 1. The minimum absolute atomic E-state index is 0.565. The van der Waals surface area contributed by atoms with Crippen LogP contribution < -0.4 is 0 Å². The molecular formula is C6H5N3O. The van der Waals surface area contributed by atoms with Crippen LogP contribution in [0.2, 0.25) is 0 Å². The van der Waals surface area contributed by atoms with Crippen molar-refractivity contribution < 1.29 is 4.85 Å². The summed E-state index contributed by atoms with van der Waals surface area (Å²) in [5.41, 5.74) is 1.33. The summed E-state index contributed by atoms with van der Waals surface area (Å²) < 4.78 is 0. The van der Waals surface area contributed by atoms with Crippen molar-refractivity contribution in [1.29, 1.82) is 0 Å². The molecule has 2 rings (SSSR count). The maximum atomic E-state index is 10.8. The summed E-state index contributed by atoms with van der Waals surface area (Å²) in [6, 6.07) is 0. The topological polar surface area (TPSA) is 50.8 Å². The van der Waals surface area contributed by atoms with E-state index >= 15 is 0 Å². The van der Waals surface area contributed by atoms with Crippen LogP contribution in [-0.2, 0) is 0 Å². The van der Waals surface area contributed by atoms with Gasteiger partial charge in [-0.1, -0.05) is 12.2 Å². The lowest BCUT2D eigenvalue weighted by atomic mass is 10.1. The van der Waals surface area contributed by atoms with E-state index in [0.717, 1.165) is 0 Å². The average molecular weight is 135 g/mol. The molecule has 0 amide bonds. The number of nitrogens with zero attached hydrogens (tertiary/aromatic N) is 3. The van der Waals surface area contributed by atoms with Crippen LogP contribution in [0.1, 0.15) is 6.42 Å². The van der Waals surface area contributed by atoms with E-state index in [4.69, 9.17) is 0 Å². The lowest BCUT2D eigenvalue weighted by molar-refractivity contribution is -0.466. The van der Waals surface area contributed by atoms with E-state index in [0.29, 0.717) is 22.7 Å². The number of hydrogen-bond donors (Lipinski definition) is 0. The zero-order chi connectivity index (χ0) is 6.97. The quantitative estimate of drug-likeness (QED) is 0.363. The molecule has 4 heteroatoms. The van der Waals surface area contributed by atoms with Crippen molar-refractivity contribution in [3.63, 3.8) is 0 Å². The highest BCUT2D eigenvalue weighted by atomic mass is 16.5. The standard InChI is InChI=1S/C6H5N3O/c10-9-6-4-2-1-3-5(6)7-8-9/h1-3H,4H2. The van der Waals surface area contributed by atoms with Gasteiger partial charge >= 0.3 is 0 Å². The SMILES string of the molecule is [O-][N+]1=C2CC=CC=C2N=N1. The largest absolute Gasteiger partial charge is 0.691 e. The Morgan fingerprint density at radius 1 is 1.60 bits per heavy atom. The van der Waals surface area contributed by atoms with Gasteiger partial charge in [-0.05, 0) is 6.08 Å². The summed E-state index contributed by atoms with van der Waals surface area (Å²) in [5, 5.41) is 17.7. The molecule has 0 aromatic rings. The monoisotopic (exact) mass is 135 g/mol. The second kappa shape index (κ2) is 1.76. The van der Waals surface area contributed by atoms with Crippen molar-refractivity contribution in [2.75, 3.05) is 0 Å². The Bertz CT molecular complexity index is 285. The normalized spacial score (nSPS) is 21.4. The van der Waals surface area contributed by atoms with Crippen LogP contribution in [-0.4, -0.2) is 10.6 Å². The van der Waals surface area contributed by atoms with Gasteiger partial charge in [-0.25, -0.2) is 0 Å². The zero-order valence-corrected chi connectivity index (χ0v) is 5.19. The van der Waals surface area contributed by atoms with E-state index in [1.807, 2.05) is 12.2 Å². The maximum Gasteiger partial charge on any atom is 0.248 e. The van der Waals surface area contributed by atoms with Gasteiger partial charge in [0.15, 0.2) is 5.71 Å². The van der Waals surface area contributed by atoms with Gasteiger partial charge in [-0.15, -0.1) is 4.85 Å². The first-order chi connectivity index (χ1) is 4.88. The van der Waals surface area contributed by atoms with E-state index in [9.17, 15) is 5.21 Å². The molecule has 50 valence electrons. The fourth-order valence-electron chi connectivity index (χ4n) is 0.950. The minimum atomic E-state index is 0.565. The van der Waals surface area contributed by atoms with E-state index in [1.165, 1.54) is 0 Å². The van der Waals surface area contributed by atoms with Crippen LogP contribution in [0.15, 0.2) is 34.3 Å². The van der Waals surface area contributed by atoms with Crippen LogP contribution in [0.5, 0.6) is 0 Å². The van der Waals surface area contributed by atoms with Crippen molar-refractivity contribution in [3.05, 3.63) is 29.1 Å². The smallest absolute Gasteiger partial charge is 0.248 e. The van der Waals surface area contributed by atoms with Crippen LogP contribution in [0.3, 0.4) is 0 Å². The summed E-state index contributed by atoms with van der Waals surface area (Å²) in [5.74, 6) is 0. The molecule has 0 spiro atoms. The van der Waals surface area contributed by atoms with Crippen molar-refractivity contribution in [2.24, 2.45) is 10.3 Å². The molecular weight excluding hydrogens is 130 g/mol. The molecule has 0 N–H and O–H groups in total. The van der Waals surface area contributed by atoms with Gasteiger partial charge in [0.2, 0.25) is 5.70 Å². The van der Waals surface area contributed by atoms with E-state index < -0.39 is 0 Å². The molecule has 0 radical (unpaired) electrons. The maximum absolute atomic E-state index is 10.8. The predicted molar refractivity (Wildman–Crippen MR) is 35.3 cm³/mol. The van der Waals surface area contributed by atoms with E-state index in [-0.39, 0.29) is 0 Å². The van der Waals surface area contributed by atoms with Crippen LogP contribution in [0, 0.1) is 5.21 Å². The summed E-state index contributed by atoms with van der Waals surface area (Å²) >= 11 is 0. The van der Waals surface area contributed by atoms with E-state index in [1.54, 1.807) is 6.08 Å². The first-order valence-electron chi connectivity index (χ1n) is 3.00. The van der Waals surface area contributed by atoms with E-state index in [2.05, 4.69) is 10.3 Å². The molecule has 10 heavy (non-hydrogen) atoms. The Labute approximate surface area is 57.4 Å². The average Bonchev–Trinajstić information content (AvgIpc) is 2.34. The minimum Gasteiger partial charge on any atom is -0.691 e. The molecule has 0 atom stereocenters. The Kier molecular flexibility index (Phi) is 0.943. The fraction of sp³-hybridized carbons (Fsp3) is 0.167. The molecule has 0 aromatic carbocycles. The molecule has 2 aliphatic rings. The number of allylic oxidation sites excluding steroid dienone is 4. The van der Waals surface area contributed by atoms with Gasteiger partial charge in [-0.3, -0.25) is 0 Å². The van der Waals surface area contributed by atoms with Crippen molar-refractivity contribution >= 4 is 5.71 Å². The molecule has 0 saturated carbocycles. The van der Waals surface area contributed by atoms with Crippen molar-refractivity contribution in [1.82, 2.24) is 0 Å². The molecule has 4 nitrogen and oxygen atoms in total. The van der Waals surface area contributed by atoms with Gasteiger partial charge in [0.05, 0.1) is 5.11 Å². The number of rotatable bonds is 0. The van der Waals surface area contributed by atoms with Gasteiger partial charge in [-0.2, -0.15) is 0 Å². The molecule has 0 fully saturated rings. The summed E-state index contributed by atoms with van der Waals surface area (Å²) in [4.78, 5) is 0.565. The van der Waals surface area contributed by atoms with Crippen LogP contribution in [0.4, 0.5) is 0 Å². The molecule has 0 saturated heterocycles. The van der Waals surface area contributed by atoms with Gasteiger partial charge in [0.25, 0.3) is 0 Å². The third kappa shape index (κ3) is 0.586. The molecule has 1 heterocycles. The fourth-order valence-corrected chi connectivity index (χ4v) is 0.950. The molecule has 0 unspecified atom stereocenters. The Hall–Kier alpha value is -1.45. The van der Waals surface area contributed by atoms with Gasteiger partial charge in [0.1, 0.15) is 5.22 Å². The summed E-state index contributed by atoms with van der Waals surface area (Å²) in [6.07, 6.45) is 6.19. The Balaban J connectivity index is 2.50. The third-order valence-corrected chi connectivity index (χ3v) is 1.46. The second-order valence-electron chi connectivity index (χ2n) is 2.09. The second-order valence-corrected chi connectivity index (χ2v) is 2.09. The highest BCUT2D eigenvalue weighted by Crippen LogP contribution is 2.15. The van der Waals surface area contributed by atoms with Gasteiger partial charge < -0.3 is 5.21 Å². The number of hydrogen-bond acceptors (Lipinski definition) is 3. The summed E-state index contributed by atoms with van der Waals surface area (Å²) in [7, 11) is 0. The van der Waals surface area contributed by atoms with Crippen LogP contribution >= 0.6 is 0 Å². The Morgan fingerprint density at radius 3 is 3.30 bits per heavy atom. The van der Waals surface area contributed by atoms with Gasteiger partial charge in [0, 0.05) is 6.42 Å². The highest BCUT2D eigenvalue weighted by molar-refractivity contribution is 5.98. The van der Waals surface area contributed by atoms with Crippen molar-refractivity contribution in [3.8, 4) is 0 Å². The summed E-state index contributed by atoms with van der Waals surface area (Å²) in [6.45, 7) is 0.